The first-order valence-electron chi connectivity index (χ1n) is 5.26. The minimum atomic E-state index is -2.99. The SMILES string of the molecule is C=CC[C@H]1[C@@H]2CCCCN(C2)S1(=O)=O. The summed E-state index contributed by atoms with van der Waals surface area (Å²) in [6.45, 7) is 5.12. The predicted octanol–water partition coefficient (Wildman–Crippen LogP) is 1.38. The summed E-state index contributed by atoms with van der Waals surface area (Å²) in [7, 11) is -2.99. The van der Waals surface area contributed by atoms with Crippen LogP contribution in [0.1, 0.15) is 25.7 Å². The van der Waals surface area contributed by atoms with E-state index in [9.17, 15) is 8.42 Å². The molecule has 1 unspecified atom stereocenters. The molecule has 4 heteroatoms. The molecule has 0 aromatic carbocycles. The lowest BCUT2D eigenvalue weighted by Gasteiger charge is -2.18. The van der Waals surface area contributed by atoms with E-state index in [4.69, 9.17) is 0 Å². The first-order chi connectivity index (χ1) is 6.66. The molecular formula is C10H17NO2S. The van der Waals surface area contributed by atoms with Gasteiger partial charge in [-0.25, -0.2) is 12.7 Å². The van der Waals surface area contributed by atoms with E-state index in [1.165, 1.54) is 6.42 Å². The van der Waals surface area contributed by atoms with Gasteiger partial charge in [-0.1, -0.05) is 12.5 Å². The molecule has 3 nitrogen and oxygen atoms in total. The minimum absolute atomic E-state index is 0.180. The van der Waals surface area contributed by atoms with E-state index in [-0.39, 0.29) is 5.25 Å². The topological polar surface area (TPSA) is 37.4 Å². The van der Waals surface area contributed by atoms with Gasteiger partial charge in [0.1, 0.15) is 0 Å². The first-order valence-corrected chi connectivity index (χ1v) is 6.76. The fraction of sp³-hybridized carbons (Fsp3) is 0.800. The minimum Gasteiger partial charge on any atom is -0.212 e. The van der Waals surface area contributed by atoms with Crippen LogP contribution in [0, 0.1) is 5.92 Å². The van der Waals surface area contributed by atoms with E-state index in [2.05, 4.69) is 6.58 Å². The first kappa shape index (κ1) is 10.2. The van der Waals surface area contributed by atoms with E-state index < -0.39 is 10.0 Å². The molecule has 2 aliphatic rings. The molecular weight excluding hydrogens is 198 g/mol. The van der Waals surface area contributed by atoms with Crippen molar-refractivity contribution >= 4 is 10.0 Å². The Labute approximate surface area is 85.8 Å². The van der Waals surface area contributed by atoms with Crippen LogP contribution in [0.4, 0.5) is 0 Å². The molecule has 0 amide bonds. The highest BCUT2D eigenvalue weighted by atomic mass is 32.2. The second-order valence-corrected chi connectivity index (χ2v) is 6.37. The van der Waals surface area contributed by atoms with Gasteiger partial charge in [0.05, 0.1) is 5.25 Å². The van der Waals surface area contributed by atoms with Crippen LogP contribution in [0.15, 0.2) is 12.7 Å². The van der Waals surface area contributed by atoms with Crippen LogP contribution in [-0.4, -0.2) is 31.1 Å². The lowest BCUT2D eigenvalue weighted by molar-refractivity contribution is 0.422. The molecule has 2 aliphatic heterocycles. The van der Waals surface area contributed by atoms with Gasteiger partial charge in [0.2, 0.25) is 10.0 Å². The van der Waals surface area contributed by atoms with Gasteiger partial charge in [0.15, 0.2) is 0 Å². The van der Waals surface area contributed by atoms with E-state index in [1.807, 2.05) is 0 Å². The van der Waals surface area contributed by atoms with Gasteiger partial charge >= 0.3 is 0 Å². The summed E-state index contributed by atoms with van der Waals surface area (Å²) in [5.74, 6) is 0.348. The normalized spacial score (nSPS) is 40.4. The van der Waals surface area contributed by atoms with Crippen LogP contribution >= 0.6 is 0 Å². The number of rotatable bonds is 2. The Morgan fingerprint density at radius 2 is 2.21 bits per heavy atom. The molecule has 0 radical (unpaired) electrons. The van der Waals surface area contributed by atoms with Crippen molar-refractivity contribution in [1.29, 1.82) is 0 Å². The summed E-state index contributed by atoms with van der Waals surface area (Å²) >= 11 is 0. The van der Waals surface area contributed by atoms with Gasteiger partial charge in [0.25, 0.3) is 0 Å². The third kappa shape index (κ3) is 1.50. The zero-order valence-corrected chi connectivity index (χ0v) is 9.17. The second-order valence-electron chi connectivity index (χ2n) is 4.22. The van der Waals surface area contributed by atoms with Gasteiger partial charge in [-0.05, 0) is 25.2 Å². The van der Waals surface area contributed by atoms with Gasteiger partial charge in [-0.3, -0.25) is 0 Å². The quantitative estimate of drug-likeness (QED) is 0.653. The Hall–Kier alpha value is -0.350. The Morgan fingerprint density at radius 3 is 2.93 bits per heavy atom. The molecule has 0 aromatic heterocycles. The Balaban J connectivity index is 2.28. The van der Waals surface area contributed by atoms with E-state index in [1.54, 1.807) is 10.4 Å². The van der Waals surface area contributed by atoms with Crippen LogP contribution < -0.4 is 0 Å². The molecule has 2 bridgehead atoms. The van der Waals surface area contributed by atoms with Crippen molar-refractivity contribution in [3.8, 4) is 0 Å². The summed E-state index contributed by atoms with van der Waals surface area (Å²) in [4.78, 5) is 0. The molecule has 2 heterocycles. The third-order valence-electron chi connectivity index (χ3n) is 3.34. The number of nitrogens with zero attached hydrogens (tertiary/aromatic N) is 1. The summed E-state index contributed by atoms with van der Waals surface area (Å²) in [6, 6.07) is 0. The Kier molecular flexibility index (Phi) is 2.66. The summed E-state index contributed by atoms with van der Waals surface area (Å²) < 4.78 is 25.7. The Morgan fingerprint density at radius 1 is 1.43 bits per heavy atom. The highest BCUT2D eigenvalue weighted by molar-refractivity contribution is 7.90. The lowest BCUT2D eigenvalue weighted by Crippen LogP contribution is -2.31. The van der Waals surface area contributed by atoms with Gasteiger partial charge < -0.3 is 0 Å². The monoisotopic (exact) mass is 215 g/mol. The summed E-state index contributed by atoms with van der Waals surface area (Å²) in [5.41, 5.74) is 0. The molecule has 14 heavy (non-hydrogen) atoms. The van der Waals surface area contributed by atoms with Crippen molar-refractivity contribution in [2.24, 2.45) is 5.92 Å². The number of sulfonamides is 1. The molecule has 2 rings (SSSR count). The van der Waals surface area contributed by atoms with Gasteiger partial charge in [-0.2, -0.15) is 0 Å². The van der Waals surface area contributed by atoms with E-state index >= 15 is 0 Å². The molecule has 2 saturated heterocycles. The van der Waals surface area contributed by atoms with E-state index in [0.717, 1.165) is 25.9 Å². The maximum absolute atomic E-state index is 12.0. The van der Waals surface area contributed by atoms with Crippen molar-refractivity contribution in [1.82, 2.24) is 4.31 Å². The largest absolute Gasteiger partial charge is 0.217 e. The van der Waals surface area contributed by atoms with Crippen LogP contribution in [-0.2, 0) is 10.0 Å². The average Bonchev–Trinajstić information content (AvgIpc) is 2.36. The van der Waals surface area contributed by atoms with Crippen molar-refractivity contribution in [3.63, 3.8) is 0 Å². The highest BCUT2D eigenvalue weighted by Gasteiger charge is 2.45. The van der Waals surface area contributed by atoms with Crippen molar-refractivity contribution in [2.45, 2.75) is 30.9 Å². The van der Waals surface area contributed by atoms with Gasteiger partial charge in [0, 0.05) is 13.1 Å². The van der Waals surface area contributed by atoms with Crippen molar-refractivity contribution in [2.75, 3.05) is 13.1 Å². The smallest absolute Gasteiger partial charge is 0.212 e. The second kappa shape index (κ2) is 3.66. The molecule has 3 atom stereocenters. The Bertz CT molecular complexity index is 323. The maximum atomic E-state index is 12.0. The number of hydrogen-bond acceptors (Lipinski definition) is 2. The average molecular weight is 215 g/mol. The molecule has 0 aliphatic carbocycles. The molecule has 2 fully saturated rings. The third-order valence-corrected chi connectivity index (χ3v) is 5.73. The number of allylic oxidation sites excluding steroid dienone is 1. The van der Waals surface area contributed by atoms with Crippen LogP contribution in [0.3, 0.4) is 0 Å². The van der Waals surface area contributed by atoms with Gasteiger partial charge in [-0.15, -0.1) is 6.58 Å². The number of fused-ring (bicyclic) bond motifs is 2. The van der Waals surface area contributed by atoms with E-state index in [0.29, 0.717) is 12.3 Å². The molecule has 0 saturated carbocycles. The fourth-order valence-corrected chi connectivity index (χ4v) is 4.84. The van der Waals surface area contributed by atoms with Crippen molar-refractivity contribution in [3.05, 3.63) is 12.7 Å². The molecule has 0 N–H and O–H groups in total. The standard InChI is InChI=1S/C10H17NO2S/c1-2-5-10-9-6-3-4-7-11(8-9)14(10,12)13/h2,9-10H,1,3-8H2/t9-,10+/m1/s1. The predicted molar refractivity (Wildman–Crippen MR) is 56.4 cm³/mol. The van der Waals surface area contributed by atoms with Crippen LogP contribution in [0.5, 0.6) is 0 Å². The molecule has 0 spiro atoms. The van der Waals surface area contributed by atoms with Crippen LogP contribution in [0.2, 0.25) is 0 Å². The fourth-order valence-electron chi connectivity index (χ4n) is 2.59. The summed E-state index contributed by atoms with van der Waals surface area (Å²) in [6.07, 6.45) is 5.61. The molecule has 80 valence electrons. The zero-order chi connectivity index (χ0) is 10.2. The zero-order valence-electron chi connectivity index (χ0n) is 8.35. The van der Waals surface area contributed by atoms with Crippen LogP contribution in [0.25, 0.3) is 0 Å². The van der Waals surface area contributed by atoms with Crippen molar-refractivity contribution < 1.29 is 8.42 Å². The lowest BCUT2D eigenvalue weighted by atomic mass is 9.97. The maximum Gasteiger partial charge on any atom is 0.217 e. The highest BCUT2D eigenvalue weighted by Crippen LogP contribution is 2.35. The number of hydrogen-bond donors (Lipinski definition) is 0. The molecule has 0 aromatic rings. The summed E-state index contributed by atoms with van der Waals surface area (Å²) in [5, 5.41) is -0.180.